The molecule has 592 valence electrons. The number of rotatable bonds is 12. The van der Waals surface area contributed by atoms with E-state index in [2.05, 4.69) is 212 Å². The third kappa shape index (κ3) is 20.9. The first kappa shape index (κ1) is 80.9. The van der Waals surface area contributed by atoms with E-state index in [-0.39, 0.29) is 0 Å². The third-order valence-electron chi connectivity index (χ3n) is 18.8. The lowest BCUT2D eigenvalue weighted by molar-refractivity contribution is 0.0192. The maximum absolute atomic E-state index is 12.6. The molecule has 0 aliphatic heterocycles. The fraction of sp³-hybridized carbons (Fsp3) is 0.171. The van der Waals surface area contributed by atoms with E-state index in [1.165, 1.54) is 16.7 Å². The predicted octanol–water partition coefficient (Wildman–Crippen LogP) is 27.5. The summed E-state index contributed by atoms with van der Waals surface area (Å²) in [7, 11) is 0. The van der Waals surface area contributed by atoms with Crippen molar-refractivity contribution in [1.82, 2.24) is 0 Å². The summed E-state index contributed by atoms with van der Waals surface area (Å²) in [5, 5.41) is 3.31. The molecule has 12 aromatic carbocycles. The quantitative estimate of drug-likeness (QED) is 0.0493. The van der Waals surface area contributed by atoms with Crippen molar-refractivity contribution in [3.8, 4) is 86.7 Å². The summed E-state index contributed by atoms with van der Waals surface area (Å²) in [5.74, 6) is 22.6. The molecule has 0 saturated carbocycles. The molecule has 0 aliphatic carbocycles. The van der Waals surface area contributed by atoms with E-state index in [9.17, 15) is 14.4 Å². The van der Waals surface area contributed by atoms with Crippen LogP contribution in [-0.2, 0) is 14.2 Å². The number of nitrogens with zero attached hydrogens (tertiary/aromatic N) is 2. The minimum absolute atomic E-state index is 0.313. The minimum atomic E-state index is -0.804. The van der Waals surface area contributed by atoms with Crippen LogP contribution in [-0.4, -0.2) is 35.3 Å². The van der Waals surface area contributed by atoms with Crippen LogP contribution in [0.1, 0.15) is 129 Å². The zero-order valence-electron chi connectivity index (χ0n) is 69.3. The molecule has 15 aromatic rings. The number of hydrogen-bond donors (Lipinski definition) is 0. The molecule has 0 unspecified atom stereocenters. The van der Waals surface area contributed by atoms with Crippen molar-refractivity contribution in [2.24, 2.45) is 0 Å². The van der Waals surface area contributed by atoms with Crippen LogP contribution in [0.4, 0.5) is 48.5 Å². The van der Waals surface area contributed by atoms with Gasteiger partial charge < -0.3 is 51.5 Å². The van der Waals surface area contributed by atoms with Crippen LogP contribution in [0, 0.1) is 77.1 Å². The van der Waals surface area contributed by atoms with Crippen LogP contribution < -0.4 is 24.0 Å². The predicted molar refractivity (Wildman–Crippen MR) is 474 cm³/mol. The number of furan rings is 3. The number of ether oxygens (including phenoxy) is 6. The minimum Gasteiger partial charge on any atom is -0.456 e. The van der Waals surface area contributed by atoms with E-state index < -0.39 is 35.3 Å². The molecule has 0 fully saturated rings. The molecule has 14 nitrogen and oxygen atoms in total. The smallest absolute Gasteiger partial charge is 0.456 e. The summed E-state index contributed by atoms with van der Waals surface area (Å²) < 4.78 is 51.6. The molecule has 0 aliphatic rings. The van der Waals surface area contributed by atoms with Gasteiger partial charge in [0.1, 0.15) is 68.1 Å². The Balaban J connectivity index is 0.000000206. The summed E-state index contributed by atoms with van der Waals surface area (Å²) in [6.45, 7) is 27.9. The van der Waals surface area contributed by atoms with Crippen LogP contribution >= 0.6 is 0 Å². The van der Waals surface area contributed by atoms with Crippen molar-refractivity contribution < 1.29 is 56.1 Å². The molecule has 0 amide bonds. The van der Waals surface area contributed by atoms with Gasteiger partial charge in [-0.25, -0.2) is 14.4 Å². The van der Waals surface area contributed by atoms with E-state index in [4.69, 9.17) is 41.7 Å². The maximum Gasteiger partial charge on any atom is 0.514 e. The van der Waals surface area contributed by atoms with E-state index in [1.54, 1.807) is 80.5 Å². The van der Waals surface area contributed by atoms with Crippen molar-refractivity contribution in [3.05, 3.63) is 340 Å². The summed E-state index contributed by atoms with van der Waals surface area (Å²) in [4.78, 5) is 42.0. The second kappa shape index (κ2) is 34.4. The Labute approximate surface area is 694 Å². The Kier molecular flexibility index (Phi) is 23.4. The fourth-order valence-corrected chi connectivity index (χ4v) is 13.1. The van der Waals surface area contributed by atoms with Crippen molar-refractivity contribution >= 4 is 85.5 Å². The normalized spacial score (nSPS) is 11.2. The van der Waals surface area contributed by atoms with Crippen LogP contribution in [0.5, 0.6) is 17.2 Å². The van der Waals surface area contributed by atoms with Gasteiger partial charge in [-0.3, -0.25) is 0 Å². The monoisotopic (exact) mass is 1570 g/mol. The average Bonchev–Trinajstić information content (AvgIpc) is 1.78. The van der Waals surface area contributed by atoms with Crippen LogP contribution in [0.15, 0.2) is 286 Å². The highest BCUT2D eigenvalue weighted by molar-refractivity contribution is 5.88. The topological polar surface area (TPSA) is 152 Å². The Bertz CT molecular complexity index is 5860. The summed E-state index contributed by atoms with van der Waals surface area (Å²) in [6.07, 6.45) is -2.41. The SMILES string of the molecule is Cc1ccc(C#Cc2ccc(N(c3ccc(C#Cc4ccc(C)cc4OC(=O)OC(C)(C)C)cc3)c3ccc(C#Cc4ccc(C)cc4OC(=O)OC(C)(C)C)cc3)cc2)c(OC(=O)OC(C)(C)C)c1.Cc1ccc2cc(-c3ccc(N(c4ccc(-c5cc6ccc(C)cc6o5)cc4)c4ccc(-c5cc6ccc(C)cc6o5)cc4)cc3)oc2c1. The largest absolute Gasteiger partial charge is 0.514 e. The second-order valence-electron chi connectivity index (χ2n) is 32.4. The van der Waals surface area contributed by atoms with Gasteiger partial charge in [0.2, 0.25) is 0 Å². The molecule has 0 radical (unpaired) electrons. The molecule has 3 heterocycles. The summed E-state index contributed by atoms with van der Waals surface area (Å²) in [5.41, 5.74) is 19.4. The summed E-state index contributed by atoms with van der Waals surface area (Å²) >= 11 is 0. The molecule has 0 spiro atoms. The number of carbonyl (C=O) groups is 3. The van der Waals surface area contributed by atoms with Crippen molar-refractivity contribution in [1.29, 1.82) is 0 Å². The molecule has 119 heavy (non-hydrogen) atoms. The molecule has 0 atom stereocenters. The fourth-order valence-electron chi connectivity index (χ4n) is 13.1. The first-order valence-electron chi connectivity index (χ1n) is 39.2. The van der Waals surface area contributed by atoms with E-state index in [1.807, 2.05) is 130 Å². The number of fused-ring (bicyclic) bond motifs is 3. The Morgan fingerprint density at radius 3 is 0.714 bits per heavy atom. The third-order valence-corrected chi connectivity index (χ3v) is 18.8. The lowest BCUT2D eigenvalue weighted by Crippen LogP contribution is -2.26. The number of anilines is 6. The van der Waals surface area contributed by atoms with E-state index >= 15 is 0 Å². The highest BCUT2D eigenvalue weighted by atomic mass is 16.7. The first-order chi connectivity index (χ1) is 56.9. The molecule has 3 aromatic heterocycles. The molecule has 15 rings (SSSR count). The van der Waals surface area contributed by atoms with Gasteiger partial charge in [-0.05, 0) is 356 Å². The average molecular weight is 1570 g/mol. The highest BCUT2D eigenvalue weighted by Gasteiger charge is 2.24. The highest BCUT2D eigenvalue weighted by Crippen LogP contribution is 2.42. The number of aryl methyl sites for hydroxylation is 6. The molecule has 0 saturated heterocycles. The van der Waals surface area contributed by atoms with Gasteiger partial charge in [-0.2, -0.15) is 0 Å². The zero-order valence-corrected chi connectivity index (χ0v) is 69.3. The first-order valence-corrected chi connectivity index (χ1v) is 39.2. The molecular weight excluding hydrogens is 1480 g/mol. The van der Waals surface area contributed by atoms with E-state index in [0.29, 0.717) is 33.9 Å². The summed E-state index contributed by atoms with van der Waals surface area (Å²) in [6, 6.07) is 90.8. The van der Waals surface area contributed by atoms with Crippen molar-refractivity contribution in [2.45, 2.75) is 121 Å². The van der Waals surface area contributed by atoms with Gasteiger partial charge in [-0.15, -0.1) is 0 Å². The van der Waals surface area contributed by atoms with Crippen LogP contribution in [0.2, 0.25) is 0 Å². The van der Waals surface area contributed by atoms with E-state index in [0.717, 1.165) is 134 Å². The van der Waals surface area contributed by atoms with Gasteiger partial charge in [0, 0.05) is 83.7 Å². The van der Waals surface area contributed by atoms with Gasteiger partial charge in [-0.1, -0.05) is 90.1 Å². The molecule has 0 N–H and O–H groups in total. The van der Waals surface area contributed by atoms with Crippen molar-refractivity contribution in [3.63, 3.8) is 0 Å². The van der Waals surface area contributed by atoms with Gasteiger partial charge in [0.15, 0.2) is 0 Å². The van der Waals surface area contributed by atoms with Crippen LogP contribution in [0.3, 0.4) is 0 Å². The zero-order chi connectivity index (χ0) is 83.9. The Hall–Kier alpha value is -14.7. The van der Waals surface area contributed by atoms with Crippen LogP contribution in [0.25, 0.3) is 66.9 Å². The lowest BCUT2D eigenvalue weighted by atomic mass is 10.1. The number of hydrogen-bond acceptors (Lipinski definition) is 14. The molecular formula is C105H90N2O12. The number of carbonyl (C=O) groups excluding carboxylic acids is 3. The lowest BCUT2D eigenvalue weighted by Gasteiger charge is -2.26. The van der Waals surface area contributed by atoms with Gasteiger partial charge >= 0.3 is 18.5 Å². The molecule has 14 heteroatoms. The molecule has 0 bridgehead atoms. The van der Waals surface area contributed by atoms with Crippen molar-refractivity contribution in [2.75, 3.05) is 9.80 Å². The second-order valence-corrected chi connectivity index (χ2v) is 32.4. The number of benzene rings is 12. The van der Waals surface area contributed by atoms with Gasteiger partial charge in [0.05, 0.1) is 16.7 Å². The maximum atomic E-state index is 12.6. The standard InChI is InChI=1S/C60H57NO9.C45H33NO3/c1-40-13-25-46(52(37-40)65-55(62)68-58(4,5)6)28-16-43-19-31-49(32-20-43)61(50-33-21-44(22-34-50)17-29-47-26-14-41(2)38-53(47)66-56(63)69-59(7,8)9)51-35-23-45(24-36-51)18-30-48-27-15-42(3)39-54(48)67-57(64)70-60(10,11)12;1-28-4-7-34-25-43(47-40(34)22-28)31-10-16-37(17-11-31)46(38-18-12-32(13-19-38)44-26-35-8-5-29(2)23-41(35)48-44)39-20-14-33(15-21-39)45-27-36-9-6-30(3)24-42(36)49-45/h13-15,19-27,31-39H,1-12H3;4-27H,1-3H3. The Morgan fingerprint density at radius 1 is 0.261 bits per heavy atom. The van der Waals surface area contributed by atoms with Gasteiger partial charge in [0.25, 0.3) is 0 Å². The Morgan fingerprint density at radius 2 is 0.479 bits per heavy atom.